The van der Waals surface area contributed by atoms with Gasteiger partial charge >= 0.3 is 5.97 Å². The minimum Gasteiger partial charge on any atom is -0.489 e. The SMILES string of the molecule is CN(NCc1ccc(OCCN2CCOCC2)c(F)c1F)C(C)(C)C(=O)O. The second-order valence-corrected chi connectivity index (χ2v) is 6.91. The molecule has 2 N–H and O–H groups in total. The molecule has 27 heavy (non-hydrogen) atoms. The number of nitrogens with one attached hydrogen (secondary N) is 1. The first-order valence-electron chi connectivity index (χ1n) is 8.84. The van der Waals surface area contributed by atoms with Gasteiger partial charge in [-0.2, -0.15) is 4.39 Å². The highest BCUT2D eigenvalue weighted by atomic mass is 19.2. The van der Waals surface area contributed by atoms with Crippen molar-refractivity contribution >= 4 is 5.97 Å². The number of morpholine rings is 1. The Balaban J connectivity index is 1.90. The van der Waals surface area contributed by atoms with Crippen LogP contribution in [0, 0.1) is 11.6 Å². The Hall–Kier alpha value is -1.81. The number of nitrogens with zero attached hydrogens (tertiary/aromatic N) is 2. The van der Waals surface area contributed by atoms with Crippen LogP contribution in [0.3, 0.4) is 0 Å². The number of hydrogen-bond acceptors (Lipinski definition) is 6. The van der Waals surface area contributed by atoms with E-state index in [0.717, 1.165) is 13.1 Å². The summed E-state index contributed by atoms with van der Waals surface area (Å²) in [6.45, 7) is 6.75. The Morgan fingerprint density at radius 2 is 2.00 bits per heavy atom. The van der Waals surface area contributed by atoms with Gasteiger partial charge in [0.25, 0.3) is 0 Å². The van der Waals surface area contributed by atoms with Crippen molar-refractivity contribution in [3.8, 4) is 5.75 Å². The number of aliphatic carboxylic acids is 1. The monoisotopic (exact) mass is 387 g/mol. The van der Waals surface area contributed by atoms with Gasteiger partial charge in [0.05, 0.1) is 13.2 Å². The van der Waals surface area contributed by atoms with Crippen molar-refractivity contribution < 1.29 is 28.2 Å². The number of hydrogen-bond donors (Lipinski definition) is 2. The lowest BCUT2D eigenvalue weighted by Gasteiger charge is -2.31. The molecule has 2 rings (SSSR count). The number of benzene rings is 1. The van der Waals surface area contributed by atoms with Gasteiger partial charge in [0.2, 0.25) is 5.82 Å². The number of halogens is 2. The molecule has 1 aromatic carbocycles. The third-order valence-corrected chi connectivity index (χ3v) is 4.76. The number of carbonyl (C=O) groups is 1. The molecule has 0 atom stereocenters. The maximum Gasteiger partial charge on any atom is 0.324 e. The van der Waals surface area contributed by atoms with Crippen LogP contribution in [0.4, 0.5) is 8.78 Å². The first-order chi connectivity index (χ1) is 12.7. The molecule has 1 aromatic rings. The molecule has 0 bridgehead atoms. The Bertz CT molecular complexity index is 652. The standard InChI is InChI=1S/C18H27F2N3O4/c1-18(2,17(24)25)22(3)21-12-13-4-5-14(16(20)15(13)19)27-11-8-23-6-9-26-10-7-23/h4-5,21H,6-12H2,1-3H3,(H,24,25). The maximum atomic E-state index is 14.3. The maximum absolute atomic E-state index is 14.3. The van der Waals surface area contributed by atoms with Gasteiger partial charge in [0, 0.05) is 38.8 Å². The summed E-state index contributed by atoms with van der Waals surface area (Å²) < 4.78 is 39.2. The molecule has 7 nitrogen and oxygen atoms in total. The van der Waals surface area contributed by atoms with Gasteiger partial charge < -0.3 is 14.6 Å². The second-order valence-electron chi connectivity index (χ2n) is 6.91. The van der Waals surface area contributed by atoms with Gasteiger partial charge in [-0.05, 0) is 19.9 Å². The average molecular weight is 387 g/mol. The topological polar surface area (TPSA) is 74.3 Å². The number of likely N-dealkylation sites (N-methyl/N-ethyl adjacent to an activating group) is 1. The molecule has 0 radical (unpaired) electrons. The van der Waals surface area contributed by atoms with Gasteiger partial charge in [-0.25, -0.2) is 14.8 Å². The van der Waals surface area contributed by atoms with E-state index in [4.69, 9.17) is 9.47 Å². The van der Waals surface area contributed by atoms with Crippen molar-refractivity contribution in [3.63, 3.8) is 0 Å². The quantitative estimate of drug-likeness (QED) is 0.622. The van der Waals surface area contributed by atoms with Crippen LogP contribution in [0.1, 0.15) is 19.4 Å². The average Bonchev–Trinajstić information content (AvgIpc) is 2.65. The molecule has 0 amide bonds. The molecular formula is C18H27F2N3O4. The Labute approximate surface area is 157 Å². The number of ether oxygens (including phenoxy) is 2. The molecule has 0 aliphatic carbocycles. The summed E-state index contributed by atoms with van der Waals surface area (Å²) in [7, 11) is 1.53. The highest BCUT2D eigenvalue weighted by Gasteiger charge is 2.32. The highest BCUT2D eigenvalue weighted by molar-refractivity contribution is 5.77. The summed E-state index contributed by atoms with van der Waals surface area (Å²) in [5.74, 6) is -3.22. The van der Waals surface area contributed by atoms with E-state index in [-0.39, 0.29) is 24.5 Å². The predicted molar refractivity (Wildman–Crippen MR) is 95.4 cm³/mol. The number of carboxylic acids is 1. The minimum atomic E-state index is -1.20. The summed E-state index contributed by atoms with van der Waals surface area (Å²) >= 11 is 0. The Morgan fingerprint density at radius 3 is 2.63 bits per heavy atom. The molecule has 9 heteroatoms. The van der Waals surface area contributed by atoms with Crippen LogP contribution in [0.5, 0.6) is 5.75 Å². The molecule has 0 unspecified atom stereocenters. The molecular weight excluding hydrogens is 360 g/mol. The van der Waals surface area contributed by atoms with Crippen molar-refractivity contribution in [1.82, 2.24) is 15.3 Å². The third kappa shape index (κ3) is 5.58. The van der Waals surface area contributed by atoms with Crippen LogP contribution in [-0.4, -0.2) is 73.0 Å². The van der Waals surface area contributed by atoms with Gasteiger partial charge in [0.1, 0.15) is 12.1 Å². The van der Waals surface area contributed by atoms with Crippen LogP contribution >= 0.6 is 0 Å². The van der Waals surface area contributed by atoms with E-state index in [9.17, 15) is 18.7 Å². The van der Waals surface area contributed by atoms with Crippen LogP contribution in [-0.2, 0) is 16.1 Å². The van der Waals surface area contributed by atoms with Crippen molar-refractivity contribution in [2.24, 2.45) is 0 Å². The smallest absolute Gasteiger partial charge is 0.324 e. The summed E-state index contributed by atoms with van der Waals surface area (Å²) in [5, 5.41) is 10.5. The third-order valence-electron chi connectivity index (χ3n) is 4.76. The van der Waals surface area contributed by atoms with E-state index in [1.165, 1.54) is 38.0 Å². The van der Waals surface area contributed by atoms with Crippen LogP contribution in [0.15, 0.2) is 12.1 Å². The highest BCUT2D eigenvalue weighted by Crippen LogP contribution is 2.23. The van der Waals surface area contributed by atoms with E-state index in [2.05, 4.69) is 10.3 Å². The van der Waals surface area contributed by atoms with Crippen LogP contribution < -0.4 is 10.2 Å². The first-order valence-corrected chi connectivity index (χ1v) is 8.84. The Kier molecular flexibility index (Phi) is 7.49. The lowest BCUT2D eigenvalue weighted by Crippen LogP contribution is -2.54. The van der Waals surface area contributed by atoms with E-state index >= 15 is 0 Å². The predicted octanol–water partition coefficient (Wildman–Crippen LogP) is 1.48. The second kappa shape index (κ2) is 9.41. The van der Waals surface area contributed by atoms with E-state index in [0.29, 0.717) is 19.8 Å². The number of hydrazine groups is 1. The fourth-order valence-corrected chi connectivity index (χ4v) is 2.47. The summed E-state index contributed by atoms with van der Waals surface area (Å²) in [6.07, 6.45) is 0. The van der Waals surface area contributed by atoms with Crippen molar-refractivity contribution in [1.29, 1.82) is 0 Å². The van der Waals surface area contributed by atoms with Gasteiger partial charge in [-0.1, -0.05) is 6.07 Å². The normalized spacial score (nSPS) is 15.9. The van der Waals surface area contributed by atoms with Crippen molar-refractivity contribution in [2.75, 3.05) is 46.5 Å². The van der Waals surface area contributed by atoms with Gasteiger partial charge in [0.15, 0.2) is 11.6 Å². The molecule has 0 saturated carbocycles. The van der Waals surface area contributed by atoms with Crippen molar-refractivity contribution in [2.45, 2.75) is 25.9 Å². The van der Waals surface area contributed by atoms with Gasteiger partial charge in [-0.3, -0.25) is 9.69 Å². The fraction of sp³-hybridized carbons (Fsp3) is 0.611. The van der Waals surface area contributed by atoms with Gasteiger partial charge in [-0.15, -0.1) is 0 Å². The molecule has 1 aliphatic heterocycles. The zero-order valence-electron chi connectivity index (χ0n) is 15.9. The summed E-state index contributed by atoms with van der Waals surface area (Å²) in [6, 6.07) is 2.81. The molecule has 1 saturated heterocycles. The molecule has 0 aromatic heterocycles. The summed E-state index contributed by atoms with van der Waals surface area (Å²) in [4.78, 5) is 13.3. The molecule has 152 valence electrons. The minimum absolute atomic E-state index is 0.0516. The fourth-order valence-electron chi connectivity index (χ4n) is 2.47. The Morgan fingerprint density at radius 1 is 1.33 bits per heavy atom. The molecule has 1 fully saturated rings. The number of rotatable bonds is 9. The zero-order valence-corrected chi connectivity index (χ0v) is 15.9. The number of carboxylic acid groups (broad SMARTS) is 1. The first kappa shape index (κ1) is 21.5. The zero-order chi connectivity index (χ0) is 20.0. The largest absolute Gasteiger partial charge is 0.489 e. The lowest BCUT2D eigenvalue weighted by atomic mass is 10.1. The lowest BCUT2D eigenvalue weighted by molar-refractivity contribution is -0.150. The van der Waals surface area contributed by atoms with Crippen LogP contribution in [0.25, 0.3) is 0 Å². The van der Waals surface area contributed by atoms with E-state index in [1.807, 2.05) is 0 Å². The van der Waals surface area contributed by atoms with E-state index in [1.54, 1.807) is 0 Å². The van der Waals surface area contributed by atoms with Crippen LogP contribution in [0.2, 0.25) is 0 Å². The molecule has 0 spiro atoms. The summed E-state index contributed by atoms with van der Waals surface area (Å²) in [5.41, 5.74) is 1.67. The molecule has 1 heterocycles. The molecule has 1 aliphatic rings. The van der Waals surface area contributed by atoms with Crippen molar-refractivity contribution in [3.05, 3.63) is 29.3 Å². The van der Waals surface area contributed by atoms with E-state index < -0.39 is 23.1 Å².